The minimum absolute atomic E-state index is 0.936. The molecule has 0 aromatic heterocycles. The number of hydrogen-bond donors (Lipinski definition) is 0. The third-order valence-electron chi connectivity index (χ3n) is 5.04. The van der Waals surface area contributed by atoms with Crippen LogP contribution in [0.15, 0.2) is 0 Å². The highest BCUT2D eigenvalue weighted by Crippen LogP contribution is 2.33. The smallest absolute Gasteiger partial charge is 0.0815 e. The van der Waals surface area contributed by atoms with Crippen molar-refractivity contribution >= 4 is 0 Å². The van der Waals surface area contributed by atoms with Crippen LogP contribution in [0, 0.1) is 17.8 Å². The topological polar surface area (TPSA) is 0 Å². The summed E-state index contributed by atoms with van der Waals surface area (Å²) in [4.78, 5) is 0. The van der Waals surface area contributed by atoms with Gasteiger partial charge >= 0.3 is 0 Å². The predicted octanol–water partition coefficient (Wildman–Crippen LogP) is 2.91. The fraction of sp³-hybridized carbons (Fsp3) is 1.00. The molecule has 2 fully saturated rings. The quantitative estimate of drug-likeness (QED) is 0.523. The number of quaternary nitrogens is 1. The first-order chi connectivity index (χ1) is 6.63. The average Bonchev–Trinajstić information content (AvgIpc) is 2.58. The third kappa shape index (κ3) is 1.84. The molecular formula is C13H26N+. The molecule has 0 aromatic carbocycles. The van der Waals surface area contributed by atoms with Gasteiger partial charge in [0.1, 0.15) is 0 Å². The molecule has 2 saturated heterocycles. The fourth-order valence-electron chi connectivity index (χ4n) is 3.58. The van der Waals surface area contributed by atoms with Gasteiger partial charge in [0.2, 0.25) is 0 Å². The molecule has 3 atom stereocenters. The monoisotopic (exact) mass is 196 g/mol. The largest absolute Gasteiger partial charge is 0.323 e. The maximum Gasteiger partial charge on any atom is 0.0815 e. The van der Waals surface area contributed by atoms with Gasteiger partial charge in [-0.25, -0.2) is 0 Å². The molecule has 0 aromatic rings. The minimum Gasteiger partial charge on any atom is -0.323 e. The van der Waals surface area contributed by atoms with Crippen LogP contribution in [0.25, 0.3) is 0 Å². The molecule has 0 saturated carbocycles. The van der Waals surface area contributed by atoms with E-state index in [-0.39, 0.29) is 0 Å². The first-order valence-electron chi connectivity index (χ1n) is 6.48. The van der Waals surface area contributed by atoms with Crippen LogP contribution in [0.5, 0.6) is 0 Å². The van der Waals surface area contributed by atoms with Crippen molar-refractivity contribution in [3.63, 3.8) is 0 Å². The van der Waals surface area contributed by atoms with Gasteiger partial charge in [-0.15, -0.1) is 0 Å². The molecule has 0 N–H and O–H groups in total. The molecule has 82 valence electrons. The SMILES string of the molecule is CC1CC[N+]2(CCCC2)CC(C)C1C. The van der Waals surface area contributed by atoms with Gasteiger partial charge in [-0.2, -0.15) is 0 Å². The van der Waals surface area contributed by atoms with Gasteiger partial charge in [0.25, 0.3) is 0 Å². The second kappa shape index (κ2) is 3.84. The number of hydrogen-bond acceptors (Lipinski definition) is 0. The molecule has 2 rings (SSSR count). The molecule has 1 heteroatoms. The molecule has 0 amide bonds. The van der Waals surface area contributed by atoms with Crippen molar-refractivity contribution in [2.75, 3.05) is 26.2 Å². The fourth-order valence-corrected chi connectivity index (χ4v) is 3.58. The van der Waals surface area contributed by atoms with E-state index in [1.165, 1.54) is 49.9 Å². The van der Waals surface area contributed by atoms with Crippen LogP contribution in [-0.4, -0.2) is 30.7 Å². The van der Waals surface area contributed by atoms with Crippen molar-refractivity contribution in [3.05, 3.63) is 0 Å². The van der Waals surface area contributed by atoms with Crippen LogP contribution in [0.3, 0.4) is 0 Å². The van der Waals surface area contributed by atoms with Gasteiger partial charge < -0.3 is 4.48 Å². The van der Waals surface area contributed by atoms with Crippen LogP contribution >= 0.6 is 0 Å². The van der Waals surface area contributed by atoms with Gasteiger partial charge in [0.15, 0.2) is 0 Å². The number of nitrogens with zero attached hydrogens (tertiary/aromatic N) is 1. The van der Waals surface area contributed by atoms with E-state index in [2.05, 4.69) is 20.8 Å². The Hall–Kier alpha value is -0.0400. The Labute approximate surface area is 89.1 Å². The zero-order chi connectivity index (χ0) is 10.2. The Bertz CT molecular complexity index is 193. The van der Waals surface area contributed by atoms with Crippen molar-refractivity contribution in [3.8, 4) is 0 Å². The summed E-state index contributed by atoms with van der Waals surface area (Å²) in [6, 6.07) is 0. The Morgan fingerprint density at radius 2 is 1.50 bits per heavy atom. The lowest BCUT2D eigenvalue weighted by Crippen LogP contribution is -2.47. The Balaban J connectivity index is 2.09. The predicted molar refractivity (Wildman–Crippen MR) is 61.1 cm³/mol. The van der Waals surface area contributed by atoms with E-state index in [1.54, 1.807) is 0 Å². The number of rotatable bonds is 0. The normalized spacial score (nSPS) is 42.6. The third-order valence-corrected chi connectivity index (χ3v) is 5.04. The molecule has 0 aliphatic carbocycles. The molecule has 1 nitrogen and oxygen atoms in total. The summed E-state index contributed by atoms with van der Waals surface area (Å²) in [5, 5.41) is 0. The zero-order valence-electron chi connectivity index (χ0n) is 10.1. The molecule has 0 bridgehead atoms. The van der Waals surface area contributed by atoms with E-state index in [1.807, 2.05) is 0 Å². The lowest BCUT2D eigenvalue weighted by molar-refractivity contribution is -0.918. The lowest BCUT2D eigenvalue weighted by atomic mass is 9.84. The highest BCUT2D eigenvalue weighted by molar-refractivity contribution is 4.73. The standard InChI is InChI=1S/C13H26N/c1-11-6-9-14(7-4-5-8-14)10-12(2)13(11)3/h11-13H,4-10H2,1-3H3/q+1. The molecule has 14 heavy (non-hydrogen) atoms. The van der Waals surface area contributed by atoms with Gasteiger partial charge in [-0.1, -0.05) is 20.8 Å². The van der Waals surface area contributed by atoms with E-state index >= 15 is 0 Å². The first-order valence-corrected chi connectivity index (χ1v) is 6.48. The van der Waals surface area contributed by atoms with Crippen LogP contribution in [0.1, 0.15) is 40.0 Å². The Kier molecular flexibility index (Phi) is 2.88. The minimum atomic E-state index is 0.936. The van der Waals surface area contributed by atoms with Crippen LogP contribution < -0.4 is 0 Å². The van der Waals surface area contributed by atoms with Crippen LogP contribution in [0.4, 0.5) is 0 Å². The summed E-state index contributed by atoms with van der Waals surface area (Å²) < 4.78 is 1.47. The molecule has 0 radical (unpaired) electrons. The van der Waals surface area contributed by atoms with Crippen molar-refractivity contribution in [2.24, 2.45) is 17.8 Å². The summed E-state index contributed by atoms with van der Waals surface area (Å²) in [7, 11) is 0. The van der Waals surface area contributed by atoms with E-state index in [9.17, 15) is 0 Å². The molecule has 2 heterocycles. The highest BCUT2D eigenvalue weighted by Gasteiger charge is 2.38. The summed E-state index contributed by atoms with van der Waals surface area (Å²) >= 11 is 0. The Morgan fingerprint density at radius 1 is 0.857 bits per heavy atom. The molecule has 1 spiro atoms. The van der Waals surface area contributed by atoms with E-state index in [0.717, 1.165) is 17.8 Å². The van der Waals surface area contributed by atoms with Crippen LogP contribution in [-0.2, 0) is 0 Å². The lowest BCUT2D eigenvalue weighted by Gasteiger charge is -2.35. The van der Waals surface area contributed by atoms with Crippen molar-refractivity contribution < 1.29 is 4.48 Å². The van der Waals surface area contributed by atoms with E-state index in [4.69, 9.17) is 0 Å². The second-order valence-electron chi connectivity index (χ2n) is 6.00. The van der Waals surface area contributed by atoms with Crippen molar-refractivity contribution in [1.29, 1.82) is 0 Å². The molecule has 3 unspecified atom stereocenters. The summed E-state index contributed by atoms with van der Waals surface area (Å²) in [5.41, 5.74) is 0. The van der Waals surface area contributed by atoms with Gasteiger partial charge in [0.05, 0.1) is 26.2 Å². The van der Waals surface area contributed by atoms with Gasteiger partial charge in [0, 0.05) is 18.8 Å². The van der Waals surface area contributed by atoms with Crippen LogP contribution in [0.2, 0.25) is 0 Å². The van der Waals surface area contributed by atoms with Gasteiger partial charge in [-0.05, 0) is 18.3 Å². The average molecular weight is 196 g/mol. The molecule has 2 aliphatic heterocycles. The summed E-state index contributed by atoms with van der Waals surface area (Å²) in [6.45, 7) is 13.3. The van der Waals surface area contributed by atoms with Gasteiger partial charge in [-0.3, -0.25) is 0 Å². The first kappa shape index (κ1) is 10.5. The Morgan fingerprint density at radius 3 is 2.14 bits per heavy atom. The highest BCUT2D eigenvalue weighted by atomic mass is 15.4. The zero-order valence-corrected chi connectivity index (χ0v) is 10.1. The second-order valence-corrected chi connectivity index (χ2v) is 6.00. The molecular weight excluding hydrogens is 170 g/mol. The van der Waals surface area contributed by atoms with E-state index in [0.29, 0.717) is 0 Å². The maximum absolute atomic E-state index is 2.48. The molecule has 2 aliphatic rings. The van der Waals surface area contributed by atoms with E-state index < -0.39 is 0 Å². The summed E-state index contributed by atoms with van der Waals surface area (Å²) in [5.74, 6) is 2.82. The van der Waals surface area contributed by atoms with Crippen molar-refractivity contribution in [1.82, 2.24) is 0 Å². The van der Waals surface area contributed by atoms with Crippen molar-refractivity contribution in [2.45, 2.75) is 40.0 Å². The summed E-state index contributed by atoms with van der Waals surface area (Å²) in [6.07, 6.45) is 4.43. The maximum atomic E-state index is 2.48.